The zero-order valence-corrected chi connectivity index (χ0v) is 22.5. The van der Waals surface area contributed by atoms with E-state index >= 15 is 0 Å². The van der Waals surface area contributed by atoms with Crippen molar-refractivity contribution in [1.29, 1.82) is 0 Å². The Morgan fingerprint density at radius 1 is 0.786 bits per heavy atom. The van der Waals surface area contributed by atoms with Gasteiger partial charge < -0.3 is 58.1 Å². The number of carboxylic acids is 1. The van der Waals surface area contributed by atoms with Crippen molar-refractivity contribution < 1.29 is 48.6 Å². The van der Waals surface area contributed by atoms with Crippen molar-refractivity contribution in [3.63, 3.8) is 0 Å². The van der Waals surface area contributed by atoms with E-state index in [0.29, 0.717) is 5.69 Å². The lowest BCUT2D eigenvalue weighted by Gasteiger charge is -2.23. The number of carboxylic acid groups (broad SMARTS) is 1. The predicted molar refractivity (Wildman–Crippen MR) is 140 cm³/mol. The molecule has 20 heteroatoms. The third-order valence-corrected chi connectivity index (χ3v) is 5.09. The molecule has 0 saturated heterocycles. The molecule has 20 nitrogen and oxygen atoms in total. The van der Waals surface area contributed by atoms with Gasteiger partial charge in [0, 0.05) is 18.3 Å². The number of aliphatic hydroxyl groups is 1. The zero-order chi connectivity index (χ0) is 31.7. The summed E-state index contributed by atoms with van der Waals surface area (Å²) < 4.78 is 0. The molecule has 0 aliphatic heterocycles. The molecule has 42 heavy (non-hydrogen) atoms. The molecule has 0 radical (unpaired) electrons. The van der Waals surface area contributed by atoms with Crippen LogP contribution < -0.4 is 43.0 Å². The molecule has 0 bridgehead atoms. The van der Waals surface area contributed by atoms with E-state index in [9.17, 15) is 48.6 Å². The van der Waals surface area contributed by atoms with Crippen LogP contribution in [0.5, 0.6) is 0 Å². The average Bonchev–Trinajstić information content (AvgIpc) is 3.46. The largest absolute Gasteiger partial charge is 0.480 e. The number of amides is 7. The Morgan fingerprint density at radius 2 is 1.24 bits per heavy atom. The minimum Gasteiger partial charge on any atom is -0.480 e. The number of nitrogens with two attached hydrogens (primary N) is 1. The second kappa shape index (κ2) is 18.3. The molecule has 0 aromatic carbocycles. The highest BCUT2D eigenvalue weighted by molar-refractivity contribution is 5.94. The van der Waals surface area contributed by atoms with Gasteiger partial charge in [-0.25, -0.2) is 9.78 Å². The second-order valence-electron chi connectivity index (χ2n) is 8.55. The van der Waals surface area contributed by atoms with Gasteiger partial charge in [0.1, 0.15) is 12.1 Å². The molecule has 0 fully saturated rings. The summed E-state index contributed by atoms with van der Waals surface area (Å²) in [6.07, 6.45) is 1.13. The highest BCUT2D eigenvalue weighted by atomic mass is 16.4. The van der Waals surface area contributed by atoms with Crippen LogP contribution in [-0.4, -0.2) is 125 Å². The Hall–Kier alpha value is -5.11. The first kappa shape index (κ1) is 34.9. The van der Waals surface area contributed by atoms with Crippen molar-refractivity contribution in [2.75, 3.05) is 39.3 Å². The zero-order valence-electron chi connectivity index (χ0n) is 22.5. The smallest absolute Gasteiger partial charge is 0.326 e. The van der Waals surface area contributed by atoms with E-state index in [1.807, 2.05) is 0 Å². The van der Waals surface area contributed by atoms with Gasteiger partial charge in [-0.3, -0.25) is 33.6 Å². The fraction of sp³-hybridized carbons (Fsp3) is 0.500. The number of carbonyl (C=O) groups is 8. The number of nitrogens with one attached hydrogen (secondary N) is 8. The first-order valence-electron chi connectivity index (χ1n) is 12.3. The Morgan fingerprint density at radius 3 is 1.62 bits per heavy atom. The van der Waals surface area contributed by atoms with E-state index in [0.717, 1.165) is 0 Å². The summed E-state index contributed by atoms with van der Waals surface area (Å²) in [5, 5.41) is 34.7. The van der Waals surface area contributed by atoms with Crippen LogP contribution in [0.25, 0.3) is 0 Å². The number of imidazole rings is 1. The molecule has 232 valence electrons. The molecule has 1 aromatic heterocycles. The van der Waals surface area contributed by atoms with Gasteiger partial charge in [-0.2, -0.15) is 0 Å². The molecule has 1 aromatic rings. The maximum absolute atomic E-state index is 12.5. The van der Waals surface area contributed by atoms with E-state index in [1.165, 1.54) is 19.4 Å². The van der Waals surface area contributed by atoms with Crippen molar-refractivity contribution in [2.24, 2.45) is 5.73 Å². The van der Waals surface area contributed by atoms with Crippen molar-refractivity contribution in [2.45, 2.75) is 31.5 Å². The number of nitrogens with zero attached hydrogens (tertiary/aromatic N) is 1. The van der Waals surface area contributed by atoms with E-state index in [-0.39, 0.29) is 19.5 Å². The molecular weight excluding hydrogens is 564 g/mol. The number of carbonyl (C=O) groups excluding carboxylic acids is 7. The molecule has 1 heterocycles. The number of hydrogen-bond donors (Lipinski definition) is 11. The Labute approximate surface area is 238 Å². The second-order valence-corrected chi connectivity index (χ2v) is 8.55. The minimum absolute atomic E-state index is 0.139. The third-order valence-electron chi connectivity index (χ3n) is 5.09. The molecule has 0 saturated carbocycles. The molecule has 0 spiro atoms. The lowest BCUT2D eigenvalue weighted by atomic mass is 10.1. The summed E-state index contributed by atoms with van der Waals surface area (Å²) in [6, 6.07) is -2.94. The topological polar surface area (TPSA) is 316 Å². The highest BCUT2D eigenvalue weighted by Crippen LogP contribution is 2.01. The average molecular weight is 599 g/mol. The maximum atomic E-state index is 12.5. The molecular formula is C22H34N10O10. The Balaban J connectivity index is 2.37. The van der Waals surface area contributed by atoms with Gasteiger partial charge in [-0.15, -0.1) is 0 Å². The van der Waals surface area contributed by atoms with Crippen molar-refractivity contribution in [3.8, 4) is 0 Å². The fourth-order valence-electron chi connectivity index (χ4n) is 2.92. The summed E-state index contributed by atoms with van der Waals surface area (Å²) in [6.45, 7) is -1.73. The van der Waals surface area contributed by atoms with Crippen LogP contribution in [0.4, 0.5) is 0 Å². The number of aromatic nitrogens is 2. The molecule has 3 atom stereocenters. The predicted octanol–water partition coefficient (Wildman–Crippen LogP) is -7.07. The van der Waals surface area contributed by atoms with Crippen LogP contribution >= 0.6 is 0 Å². The van der Waals surface area contributed by atoms with Crippen LogP contribution in [0.15, 0.2) is 12.5 Å². The Kier molecular flexibility index (Phi) is 15.2. The summed E-state index contributed by atoms with van der Waals surface area (Å²) in [4.78, 5) is 101. The summed E-state index contributed by atoms with van der Waals surface area (Å²) in [5.41, 5.74) is 5.49. The van der Waals surface area contributed by atoms with Gasteiger partial charge >= 0.3 is 5.97 Å². The number of aromatic amines is 1. The number of H-pyrrole nitrogens is 1. The van der Waals surface area contributed by atoms with E-state index in [2.05, 4.69) is 47.2 Å². The van der Waals surface area contributed by atoms with Crippen LogP contribution in [0.1, 0.15) is 12.6 Å². The molecule has 0 aliphatic carbocycles. The van der Waals surface area contributed by atoms with Gasteiger partial charge in [0.25, 0.3) is 0 Å². The van der Waals surface area contributed by atoms with Crippen molar-refractivity contribution in [3.05, 3.63) is 18.2 Å². The van der Waals surface area contributed by atoms with Gasteiger partial charge in [0.05, 0.1) is 51.7 Å². The summed E-state index contributed by atoms with van der Waals surface area (Å²) in [7, 11) is 0. The first-order chi connectivity index (χ1) is 19.8. The number of rotatable bonds is 18. The first-order valence-corrected chi connectivity index (χ1v) is 12.3. The molecule has 12 N–H and O–H groups in total. The maximum Gasteiger partial charge on any atom is 0.326 e. The van der Waals surface area contributed by atoms with Crippen LogP contribution in [0, 0.1) is 0 Å². The van der Waals surface area contributed by atoms with Gasteiger partial charge in [0.2, 0.25) is 41.4 Å². The number of aliphatic carboxylic acids is 1. The van der Waals surface area contributed by atoms with E-state index in [4.69, 9.17) is 5.73 Å². The van der Waals surface area contributed by atoms with Gasteiger partial charge in [0.15, 0.2) is 0 Å². The van der Waals surface area contributed by atoms with E-state index in [1.54, 1.807) is 0 Å². The molecule has 1 rings (SSSR count). The lowest BCUT2D eigenvalue weighted by molar-refractivity contribution is -0.143. The molecule has 0 aliphatic rings. The highest BCUT2D eigenvalue weighted by Gasteiger charge is 2.30. The Bertz CT molecular complexity index is 1130. The normalized spacial score (nSPS) is 12.5. The lowest BCUT2D eigenvalue weighted by Crippen LogP contribution is -2.57. The SMILES string of the molecule is C[C@@H](O)[C@H](NC(=O)CNC(=O)CNC(=O)CNC(=O)CNC(=O)CNC(=O)CN)C(=O)N[C@@H](Cc1cnc[nH]1)C(=O)O. The van der Waals surface area contributed by atoms with Gasteiger partial charge in [-0.05, 0) is 6.92 Å². The molecule has 7 amide bonds. The minimum atomic E-state index is -1.55. The number of aliphatic hydroxyl groups excluding tert-OH is 1. The van der Waals surface area contributed by atoms with Crippen LogP contribution in [0.2, 0.25) is 0 Å². The van der Waals surface area contributed by atoms with Gasteiger partial charge in [-0.1, -0.05) is 0 Å². The monoisotopic (exact) mass is 598 g/mol. The van der Waals surface area contributed by atoms with Crippen LogP contribution in [0.3, 0.4) is 0 Å². The molecule has 0 unspecified atom stereocenters. The number of hydrogen-bond acceptors (Lipinski definition) is 11. The van der Waals surface area contributed by atoms with Crippen LogP contribution in [-0.2, 0) is 44.8 Å². The summed E-state index contributed by atoms with van der Waals surface area (Å²) in [5.74, 6) is -6.75. The standard InChI is InChI=1S/C22H34N10O10/c1-11(33)20(21(40)31-13(22(41)42)2-12-4-24-10-30-12)32-19(39)9-29-18(38)8-28-17(37)7-27-16(36)6-26-15(35)5-25-14(34)3-23/h4,10-11,13,20,33H,2-3,5-9,23H2,1H3,(H,24,30)(H,25,34)(H,26,35)(H,27,36)(H,28,37)(H,29,38)(H,31,40)(H,32,39)(H,41,42)/t11-,13+,20+/m1/s1. The van der Waals surface area contributed by atoms with Crippen molar-refractivity contribution in [1.82, 2.24) is 47.2 Å². The van der Waals surface area contributed by atoms with Crippen molar-refractivity contribution >= 4 is 47.3 Å². The summed E-state index contributed by atoms with van der Waals surface area (Å²) >= 11 is 0. The third kappa shape index (κ3) is 14.3. The van der Waals surface area contributed by atoms with E-state index < -0.39 is 91.7 Å². The quantitative estimate of drug-likeness (QED) is 0.0751. The fourth-order valence-corrected chi connectivity index (χ4v) is 2.92.